The van der Waals surface area contributed by atoms with Crippen LogP contribution in [-0.4, -0.2) is 38.1 Å². The van der Waals surface area contributed by atoms with E-state index < -0.39 is 4.92 Å². The van der Waals surface area contributed by atoms with Crippen LogP contribution >= 0.6 is 0 Å². The van der Waals surface area contributed by atoms with E-state index in [1.165, 1.54) is 4.68 Å². The summed E-state index contributed by atoms with van der Waals surface area (Å²) in [6.45, 7) is 2.66. The van der Waals surface area contributed by atoms with Gasteiger partial charge in [-0.25, -0.2) is 4.68 Å². The molecule has 0 aliphatic carbocycles. The molecule has 1 atom stereocenters. The topological polar surface area (TPSA) is 93.3 Å². The fourth-order valence-electron chi connectivity index (χ4n) is 3.05. The van der Waals surface area contributed by atoms with Crippen molar-refractivity contribution in [1.82, 2.24) is 14.7 Å². The Labute approximate surface area is 139 Å². The highest BCUT2D eigenvalue weighted by molar-refractivity contribution is 5.80. The minimum atomic E-state index is -0.441. The van der Waals surface area contributed by atoms with Crippen LogP contribution in [0.3, 0.4) is 0 Å². The number of amides is 1. The van der Waals surface area contributed by atoms with E-state index >= 15 is 0 Å². The highest BCUT2D eigenvalue weighted by Crippen LogP contribution is 2.29. The molecule has 1 aliphatic rings. The van der Waals surface area contributed by atoms with Crippen LogP contribution in [0.25, 0.3) is 0 Å². The van der Waals surface area contributed by atoms with Gasteiger partial charge in [0.25, 0.3) is 0 Å². The third-order valence-electron chi connectivity index (χ3n) is 4.14. The molecule has 126 valence electrons. The lowest BCUT2D eigenvalue weighted by Gasteiger charge is -2.17. The van der Waals surface area contributed by atoms with Gasteiger partial charge in [-0.3, -0.25) is 14.9 Å². The molecule has 1 fully saturated rings. The van der Waals surface area contributed by atoms with E-state index in [9.17, 15) is 14.9 Å². The highest BCUT2D eigenvalue weighted by atomic mass is 16.6. The second kappa shape index (κ2) is 6.31. The number of aryl methyl sites for hydroxylation is 2. The Kier molecular flexibility index (Phi) is 4.20. The van der Waals surface area contributed by atoms with Crippen LogP contribution < -0.4 is 5.32 Å². The van der Waals surface area contributed by atoms with Crippen LogP contribution in [-0.2, 0) is 18.4 Å². The standard InChI is InChI=1S/C16H19N5O3/c1-11-15(21(23)24)16(19(2)18-11)17-13-8-14(22)20(10-13)9-12-6-4-3-5-7-12/h3-7,13,17H,8-10H2,1-2H3. The van der Waals surface area contributed by atoms with Crippen LogP contribution in [0.4, 0.5) is 11.5 Å². The molecule has 24 heavy (non-hydrogen) atoms. The summed E-state index contributed by atoms with van der Waals surface area (Å²) in [6, 6.07) is 9.59. The predicted molar refractivity (Wildman–Crippen MR) is 88.5 cm³/mol. The number of hydrogen-bond donors (Lipinski definition) is 1. The highest BCUT2D eigenvalue weighted by Gasteiger charge is 2.33. The average molecular weight is 329 g/mol. The van der Waals surface area contributed by atoms with Crippen molar-refractivity contribution in [3.05, 3.63) is 51.7 Å². The number of benzene rings is 1. The maximum Gasteiger partial charge on any atom is 0.333 e. The smallest absolute Gasteiger partial charge is 0.333 e. The Bertz CT molecular complexity index is 772. The van der Waals surface area contributed by atoms with Crippen molar-refractivity contribution in [1.29, 1.82) is 0 Å². The summed E-state index contributed by atoms with van der Waals surface area (Å²) in [7, 11) is 1.65. The van der Waals surface area contributed by atoms with E-state index in [2.05, 4.69) is 10.4 Å². The van der Waals surface area contributed by atoms with Crippen molar-refractivity contribution in [2.45, 2.75) is 25.9 Å². The Balaban J connectivity index is 1.72. The number of aromatic nitrogens is 2. The Hall–Kier alpha value is -2.90. The predicted octanol–water partition coefficient (Wildman–Crippen LogP) is 1.85. The van der Waals surface area contributed by atoms with E-state index in [0.29, 0.717) is 31.0 Å². The first-order valence-electron chi connectivity index (χ1n) is 7.72. The van der Waals surface area contributed by atoms with E-state index in [1.807, 2.05) is 30.3 Å². The quantitative estimate of drug-likeness (QED) is 0.667. The molecule has 3 rings (SSSR count). The summed E-state index contributed by atoms with van der Waals surface area (Å²) >= 11 is 0. The van der Waals surface area contributed by atoms with Crippen molar-refractivity contribution in [3.63, 3.8) is 0 Å². The molecule has 1 N–H and O–H groups in total. The number of nitrogens with zero attached hydrogens (tertiary/aromatic N) is 4. The third kappa shape index (κ3) is 3.08. The molecular formula is C16H19N5O3. The van der Waals surface area contributed by atoms with Crippen molar-refractivity contribution < 1.29 is 9.72 Å². The largest absolute Gasteiger partial charge is 0.359 e. The van der Waals surface area contributed by atoms with Gasteiger partial charge in [-0.15, -0.1) is 0 Å². The summed E-state index contributed by atoms with van der Waals surface area (Å²) in [5, 5.41) is 18.5. The first-order valence-corrected chi connectivity index (χ1v) is 7.72. The molecule has 0 spiro atoms. The molecule has 0 radical (unpaired) electrons. The zero-order valence-corrected chi connectivity index (χ0v) is 13.6. The van der Waals surface area contributed by atoms with Gasteiger partial charge in [0.15, 0.2) is 0 Å². The maximum atomic E-state index is 12.2. The summed E-state index contributed by atoms with van der Waals surface area (Å²) in [4.78, 5) is 24.8. The van der Waals surface area contributed by atoms with Gasteiger partial charge in [-0.05, 0) is 12.5 Å². The van der Waals surface area contributed by atoms with Gasteiger partial charge in [-0.1, -0.05) is 30.3 Å². The van der Waals surface area contributed by atoms with Crippen molar-refractivity contribution in [3.8, 4) is 0 Å². The lowest BCUT2D eigenvalue weighted by atomic mass is 10.2. The molecule has 2 heterocycles. The molecule has 0 bridgehead atoms. The molecular weight excluding hydrogens is 310 g/mol. The van der Waals surface area contributed by atoms with E-state index in [1.54, 1.807) is 18.9 Å². The lowest BCUT2D eigenvalue weighted by Crippen LogP contribution is -2.28. The van der Waals surface area contributed by atoms with Crippen molar-refractivity contribution in [2.24, 2.45) is 7.05 Å². The molecule has 1 saturated heterocycles. The molecule has 1 aromatic heterocycles. The van der Waals surface area contributed by atoms with Crippen LogP contribution in [0.5, 0.6) is 0 Å². The molecule has 2 aromatic rings. The third-order valence-corrected chi connectivity index (χ3v) is 4.14. The summed E-state index contributed by atoms with van der Waals surface area (Å²) in [6.07, 6.45) is 0.314. The van der Waals surface area contributed by atoms with E-state index in [4.69, 9.17) is 0 Å². The number of carbonyl (C=O) groups excluding carboxylic acids is 1. The number of carbonyl (C=O) groups is 1. The van der Waals surface area contributed by atoms with Crippen LogP contribution in [0.1, 0.15) is 17.7 Å². The molecule has 8 heteroatoms. The lowest BCUT2D eigenvalue weighted by molar-refractivity contribution is -0.384. The van der Waals surface area contributed by atoms with Gasteiger partial charge in [0, 0.05) is 26.6 Å². The fourth-order valence-corrected chi connectivity index (χ4v) is 3.05. The normalized spacial score (nSPS) is 17.3. The van der Waals surface area contributed by atoms with Crippen molar-refractivity contribution >= 4 is 17.4 Å². The van der Waals surface area contributed by atoms with Gasteiger partial charge in [0.1, 0.15) is 5.69 Å². The Morgan fingerprint density at radius 1 is 1.38 bits per heavy atom. The van der Waals surface area contributed by atoms with Gasteiger partial charge in [0.2, 0.25) is 11.7 Å². The van der Waals surface area contributed by atoms with Crippen LogP contribution in [0.2, 0.25) is 0 Å². The monoisotopic (exact) mass is 329 g/mol. The summed E-state index contributed by atoms with van der Waals surface area (Å²) in [5.41, 5.74) is 1.38. The SMILES string of the molecule is Cc1nn(C)c(NC2CC(=O)N(Cc3ccccc3)C2)c1[N+](=O)[O-]. The van der Waals surface area contributed by atoms with Gasteiger partial charge < -0.3 is 10.2 Å². The van der Waals surface area contributed by atoms with Gasteiger partial charge >= 0.3 is 5.69 Å². The second-order valence-corrected chi connectivity index (χ2v) is 5.97. The van der Waals surface area contributed by atoms with Gasteiger partial charge in [-0.2, -0.15) is 5.10 Å². The minimum absolute atomic E-state index is 0.0357. The zero-order valence-electron chi connectivity index (χ0n) is 13.6. The Morgan fingerprint density at radius 3 is 2.75 bits per heavy atom. The fraction of sp³-hybridized carbons (Fsp3) is 0.375. The second-order valence-electron chi connectivity index (χ2n) is 5.97. The summed E-state index contributed by atoms with van der Waals surface area (Å²) < 4.78 is 1.46. The van der Waals surface area contributed by atoms with Crippen LogP contribution in [0, 0.1) is 17.0 Å². The maximum absolute atomic E-state index is 12.2. The minimum Gasteiger partial charge on any atom is -0.359 e. The zero-order chi connectivity index (χ0) is 17.3. The van der Waals surface area contributed by atoms with E-state index in [-0.39, 0.29) is 17.6 Å². The average Bonchev–Trinajstić information content (AvgIpc) is 3.00. The summed E-state index contributed by atoms with van der Waals surface area (Å²) in [5.74, 6) is 0.384. The molecule has 1 aliphatic heterocycles. The molecule has 8 nitrogen and oxygen atoms in total. The first kappa shape index (κ1) is 16.0. The van der Waals surface area contributed by atoms with Gasteiger partial charge in [0.05, 0.1) is 11.0 Å². The number of likely N-dealkylation sites (tertiary alicyclic amines) is 1. The first-order chi connectivity index (χ1) is 11.5. The van der Waals surface area contributed by atoms with Crippen LogP contribution in [0.15, 0.2) is 30.3 Å². The molecule has 1 aromatic carbocycles. The molecule has 1 amide bonds. The molecule has 1 unspecified atom stereocenters. The van der Waals surface area contributed by atoms with E-state index in [0.717, 1.165) is 5.56 Å². The number of hydrogen-bond acceptors (Lipinski definition) is 5. The number of nitrogens with one attached hydrogen (secondary N) is 1. The van der Waals surface area contributed by atoms with Crippen molar-refractivity contribution in [2.75, 3.05) is 11.9 Å². The number of anilines is 1. The number of rotatable bonds is 5. The Morgan fingerprint density at radius 2 is 2.08 bits per heavy atom. The number of nitro groups is 1. The molecule has 0 saturated carbocycles.